The number of aromatic nitrogens is 1. The van der Waals surface area contributed by atoms with Crippen LogP contribution in [0.15, 0.2) is 35.1 Å². The van der Waals surface area contributed by atoms with Gasteiger partial charge < -0.3 is 14.8 Å². The van der Waals surface area contributed by atoms with E-state index < -0.39 is 5.97 Å². The fourth-order valence-electron chi connectivity index (χ4n) is 1.84. The van der Waals surface area contributed by atoms with Crippen LogP contribution in [0.25, 0.3) is 11.1 Å². The van der Waals surface area contributed by atoms with Crippen LogP contribution in [0.3, 0.4) is 0 Å². The standard InChI is InChI=1S/C14H13NO4/c1-8-7-11(16)12(13(17)15-8)9-3-5-10(6-4-9)14(18)19-2/h3-7H,1-2H3,(H2,15,16,17). The summed E-state index contributed by atoms with van der Waals surface area (Å²) >= 11 is 0. The number of aromatic hydroxyl groups is 1. The molecule has 2 aromatic rings. The summed E-state index contributed by atoms with van der Waals surface area (Å²) in [6.07, 6.45) is 0. The Morgan fingerprint density at radius 1 is 1.26 bits per heavy atom. The van der Waals surface area contributed by atoms with Crippen LogP contribution in [-0.2, 0) is 4.74 Å². The molecule has 5 heteroatoms. The first-order valence-corrected chi connectivity index (χ1v) is 5.64. The molecule has 1 aromatic carbocycles. The number of rotatable bonds is 2. The molecule has 0 spiro atoms. The largest absolute Gasteiger partial charge is 0.507 e. The van der Waals surface area contributed by atoms with Crippen LogP contribution in [-0.4, -0.2) is 23.2 Å². The van der Waals surface area contributed by atoms with Crippen molar-refractivity contribution in [2.24, 2.45) is 0 Å². The van der Waals surface area contributed by atoms with E-state index in [1.54, 1.807) is 31.2 Å². The summed E-state index contributed by atoms with van der Waals surface area (Å²) < 4.78 is 4.59. The highest BCUT2D eigenvalue weighted by molar-refractivity contribution is 5.90. The average molecular weight is 259 g/mol. The van der Waals surface area contributed by atoms with Crippen molar-refractivity contribution in [3.63, 3.8) is 0 Å². The van der Waals surface area contributed by atoms with Crippen molar-refractivity contribution >= 4 is 5.97 Å². The molecule has 0 amide bonds. The Labute approximate surface area is 109 Å². The molecule has 1 aromatic heterocycles. The molecule has 0 bridgehead atoms. The first-order chi connectivity index (χ1) is 9.02. The normalized spacial score (nSPS) is 10.2. The lowest BCUT2D eigenvalue weighted by Crippen LogP contribution is -2.10. The quantitative estimate of drug-likeness (QED) is 0.806. The second kappa shape index (κ2) is 4.97. The number of methoxy groups -OCH3 is 1. The molecule has 0 saturated heterocycles. The molecule has 1 heterocycles. The third kappa shape index (κ3) is 2.49. The molecular formula is C14H13NO4. The van der Waals surface area contributed by atoms with Crippen molar-refractivity contribution in [1.29, 1.82) is 0 Å². The van der Waals surface area contributed by atoms with Gasteiger partial charge in [0.05, 0.1) is 18.2 Å². The zero-order valence-electron chi connectivity index (χ0n) is 10.6. The summed E-state index contributed by atoms with van der Waals surface area (Å²) in [5, 5.41) is 9.84. The predicted molar refractivity (Wildman–Crippen MR) is 70.2 cm³/mol. The zero-order chi connectivity index (χ0) is 14.0. The highest BCUT2D eigenvalue weighted by Crippen LogP contribution is 2.25. The number of H-pyrrole nitrogens is 1. The first-order valence-electron chi connectivity index (χ1n) is 5.64. The molecule has 2 N–H and O–H groups in total. The lowest BCUT2D eigenvalue weighted by atomic mass is 10.0. The Morgan fingerprint density at radius 2 is 1.89 bits per heavy atom. The average Bonchev–Trinajstić information content (AvgIpc) is 2.37. The molecule has 19 heavy (non-hydrogen) atoms. The fourth-order valence-corrected chi connectivity index (χ4v) is 1.84. The minimum absolute atomic E-state index is 0.0907. The monoisotopic (exact) mass is 259 g/mol. The Hall–Kier alpha value is -2.56. The Kier molecular flexibility index (Phi) is 3.37. The molecule has 0 radical (unpaired) electrons. The maximum absolute atomic E-state index is 11.8. The Morgan fingerprint density at radius 3 is 2.42 bits per heavy atom. The molecule has 0 fully saturated rings. The van der Waals surface area contributed by atoms with E-state index in [0.29, 0.717) is 16.8 Å². The van der Waals surface area contributed by atoms with Gasteiger partial charge in [0.25, 0.3) is 5.56 Å². The second-order valence-electron chi connectivity index (χ2n) is 4.11. The molecule has 0 aliphatic rings. The van der Waals surface area contributed by atoms with Crippen LogP contribution < -0.4 is 5.56 Å². The fraction of sp³-hybridized carbons (Fsp3) is 0.143. The minimum atomic E-state index is -0.450. The van der Waals surface area contributed by atoms with Crippen molar-refractivity contribution in [2.45, 2.75) is 6.92 Å². The molecule has 5 nitrogen and oxygen atoms in total. The molecule has 98 valence electrons. The van der Waals surface area contributed by atoms with E-state index in [2.05, 4.69) is 9.72 Å². The van der Waals surface area contributed by atoms with E-state index in [1.165, 1.54) is 13.2 Å². The smallest absolute Gasteiger partial charge is 0.337 e. The van der Waals surface area contributed by atoms with Crippen LogP contribution in [0, 0.1) is 6.92 Å². The number of aromatic amines is 1. The summed E-state index contributed by atoms with van der Waals surface area (Å²) in [7, 11) is 1.30. The van der Waals surface area contributed by atoms with E-state index >= 15 is 0 Å². The maximum Gasteiger partial charge on any atom is 0.337 e. The predicted octanol–water partition coefficient (Wildman–Crippen LogP) is 1.84. The highest BCUT2D eigenvalue weighted by Gasteiger charge is 2.11. The summed E-state index contributed by atoms with van der Waals surface area (Å²) in [4.78, 5) is 25.7. The summed E-state index contributed by atoms with van der Waals surface area (Å²) in [5.74, 6) is -0.541. The van der Waals surface area contributed by atoms with Gasteiger partial charge in [0.2, 0.25) is 0 Å². The van der Waals surface area contributed by atoms with Crippen molar-refractivity contribution in [1.82, 2.24) is 4.98 Å². The molecular weight excluding hydrogens is 246 g/mol. The van der Waals surface area contributed by atoms with Gasteiger partial charge >= 0.3 is 5.97 Å². The molecule has 2 rings (SSSR count). The van der Waals surface area contributed by atoms with Crippen molar-refractivity contribution in [3.8, 4) is 16.9 Å². The Balaban J connectivity index is 2.49. The number of nitrogens with one attached hydrogen (secondary N) is 1. The number of carbonyl (C=O) groups excluding carboxylic acids is 1. The molecule has 0 saturated carbocycles. The number of aryl methyl sites for hydroxylation is 1. The van der Waals surface area contributed by atoms with Gasteiger partial charge in [0.15, 0.2) is 0 Å². The van der Waals surface area contributed by atoms with Gasteiger partial charge in [0.1, 0.15) is 5.75 Å². The zero-order valence-corrected chi connectivity index (χ0v) is 10.6. The van der Waals surface area contributed by atoms with Crippen molar-refractivity contribution in [2.75, 3.05) is 7.11 Å². The number of esters is 1. The second-order valence-corrected chi connectivity index (χ2v) is 4.11. The number of hydrogen-bond donors (Lipinski definition) is 2. The van der Waals surface area contributed by atoms with Crippen molar-refractivity contribution < 1.29 is 14.6 Å². The van der Waals surface area contributed by atoms with Crippen molar-refractivity contribution in [3.05, 3.63) is 51.9 Å². The molecule has 0 atom stereocenters. The van der Waals surface area contributed by atoms with Gasteiger partial charge in [0, 0.05) is 5.69 Å². The van der Waals surface area contributed by atoms with Gasteiger partial charge in [-0.3, -0.25) is 4.79 Å². The number of benzene rings is 1. The van der Waals surface area contributed by atoms with Gasteiger partial charge in [-0.25, -0.2) is 4.79 Å². The van der Waals surface area contributed by atoms with Gasteiger partial charge in [-0.05, 0) is 30.7 Å². The third-order valence-corrected chi connectivity index (χ3v) is 2.74. The first kappa shape index (κ1) is 12.9. The summed E-state index contributed by atoms with van der Waals surface area (Å²) in [6.45, 7) is 1.69. The number of hydrogen-bond acceptors (Lipinski definition) is 4. The number of carbonyl (C=O) groups is 1. The van der Waals surface area contributed by atoms with E-state index in [4.69, 9.17) is 0 Å². The van der Waals surface area contributed by atoms with E-state index in [1.807, 2.05) is 0 Å². The SMILES string of the molecule is COC(=O)c1ccc(-c2c(O)cc(C)[nH]c2=O)cc1. The highest BCUT2D eigenvalue weighted by atomic mass is 16.5. The summed E-state index contributed by atoms with van der Waals surface area (Å²) in [6, 6.07) is 7.74. The third-order valence-electron chi connectivity index (χ3n) is 2.74. The number of pyridine rings is 1. The minimum Gasteiger partial charge on any atom is -0.507 e. The maximum atomic E-state index is 11.8. The van der Waals surface area contributed by atoms with Crippen LogP contribution in [0.2, 0.25) is 0 Å². The number of ether oxygens (including phenoxy) is 1. The summed E-state index contributed by atoms with van der Waals surface area (Å²) in [5.41, 5.74) is 1.31. The molecule has 0 aliphatic heterocycles. The van der Waals surface area contributed by atoms with E-state index in [0.717, 1.165) is 0 Å². The van der Waals surface area contributed by atoms with E-state index in [-0.39, 0.29) is 16.9 Å². The lowest BCUT2D eigenvalue weighted by molar-refractivity contribution is 0.0601. The molecule has 0 unspecified atom stereocenters. The van der Waals surface area contributed by atoms with Gasteiger partial charge in [-0.15, -0.1) is 0 Å². The van der Waals surface area contributed by atoms with Crippen LogP contribution in [0.5, 0.6) is 5.75 Å². The lowest BCUT2D eigenvalue weighted by Gasteiger charge is -2.06. The van der Waals surface area contributed by atoms with E-state index in [9.17, 15) is 14.7 Å². The van der Waals surface area contributed by atoms with Crippen LogP contribution in [0.4, 0.5) is 0 Å². The van der Waals surface area contributed by atoms with Crippen LogP contribution >= 0.6 is 0 Å². The van der Waals surface area contributed by atoms with Gasteiger partial charge in [-0.1, -0.05) is 12.1 Å². The topological polar surface area (TPSA) is 79.4 Å². The Bertz CT molecular complexity index is 671. The molecule has 0 aliphatic carbocycles. The van der Waals surface area contributed by atoms with Crippen LogP contribution in [0.1, 0.15) is 16.1 Å². The van der Waals surface area contributed by atoms with Gasteiger partial charge in [-0.2, -0.15) is 0 Å².